The summed E-state index contributed by atoms with van der Waals surface area (Å²) in [5.74, 6) is 2.69. The number of nitrogens with zero attached hydrogens (tertiary/aromatic N) is 2. The van der Waals surface area contributed by atoms with E-state index >= 15 is 0 Å². The van der Waals surface area contributed by atoms with Crippen molar-refractivity contribution in [3.05, 3.63) is 16.0 Å². The maximum atomic E-state index is 4.54. The standard InChI is InChI=1S/C12H20BrN3S/c1-5-8(3)17-7-10-15-9(4)11(13)12(16-10)14-6-2/h8H,5-7H2,1-4H3,(H,14,15,16). The average molecular weight is 318 g/mol. The fraction of sp³-hybridized carbons (Fsp3) is 0.667. The van der Waals surface area contributed by atoms with E-state index in [4.69, 9.17) is 0 Å². The predicted molar refractivity (Wildman–Crippen MR) is 79.7 cm³/mol. The minimum Gasteiger partial charge on any atom is -0.369 e. The Labute approximate surface area is 116 Å². The molecule has 17 heavy (non-hydrogen) atoms. The number of rotatable bonds is 6. The molecule has 1 heterocycles. The maximum Gasteiger partial charge on any atom is 0.144 e. The highest BCUT2D eigenvalue weighted by Gasteiger charge is 2.09. The number of thioether (sulfide) groups is 1. The number of aryl methyl sites for hydroxylation is 1. The lowest BCUT2D eigenvalue weighted by Crippen LogP contribution is -2.06. The summed E-state index contributed by atoms with van der Waals surface area (Å²) in [5.41, 5.74) is 0.996. The first kappa shape index (κ1) is 14.8. The predicted octanol–water partition coefficient (Wildman–Crippen LogP) is 4.01. The lowest BCUT2D eigenvalue weighted by atomic mass is 10.4. The van der Waals surface area contributed by atoms with Crippen molar-refractivity contribution in [1.82, 2.24) is 9.97 Å². The van der Waals surface area contributed by atoms with Gasteiger partial charge in [0, 0.05) is 11.8 Å². The highest BCUT2D eigenvalue weighted by molar-refractivity contribution is 9.10. The monoisotopic (exact) mass is 317 g/mol. The summed E-state index contributed by atoms with van der Waals surface area (Å²) >= 11 is 5.42. The number of hydrogen-bond donors (Lipinski definition) is 1. The van der Waals surface area contributed by atoms with Crippen LogP contribution in [0.5, 0.6) is 0 Å². The van der Waals surface area contributed by atoms with Crippen molar-refractivity contribution in [1.29, 1.82) is 0 Å². The molecule has 0 saturated carbocycles. The molecule has 0 fully saturated rings. The van der Waals surface area contributed by atoms with Crippen molar-refractivity contribution >= 4 is 33.5 Å². The SMILES string of the molecule is CCNc1nc(CSC(C)CC)nc(C)c1Br. The smallest absolute Gasteiger partial charge is 0.144 e. The summed E-state index contributed by atoms with van der Waals surface area (Å²) in [5, 5.41) is 3.91. The third-order valence-corrected chi connectivity index (χ3v) is 4.76. The van der Waals surface area contributed by atoms with Crippen LogP contribution in [0.15, 0.2) is 4.47 Å². The van der Waals surface area contributed by atoms with E-state index in [1.165, 1.54) is 6.42 Å². The highest BCUT2D eigenvalue weighted by Crippen LogP contribution is 2.25. The Morgan fingerprint density at radius 3 is 2.65 bits per heavy atom. The number of nitrogens with one attached hydrogen (secondary N) is 1. The van der Waals surface area contributed by atoms with Crippen LogP contribution >= 0.6 is 27.7 Å². The normalized spacial score (nSPS) is 12.5. The first-order valence-electron chi connectivity index (χ1n) is 5.96. The second-order valence-corrected chi connectivity index (χ2v) is 6.17. The van der Waals surface area contributed by atoms with Crippen LogP contribution in [0.2, 0.25) is 0 Å². The van der Waals surface area contributed by atoms with Gasteiger partial charge < -0.3 is 5.32 Å². The van der Waals surface area contributed by atoms with Gasteiger partial charge in [-0.05, 0) is 36.2 Å². The number of halogens is 1. The summed E-state index contributed by atoms with van der Waals surface area (Å²) < 4.78 is 0.969. The quantitative estimate of drug-likeness (QED) is 0.860. The molecule has 0 spiro atoms. The van der Waals surface area contributed by atoms with Crippen LogP contribution in [0.4, 0.5) is 5.82 Å². The number of aromatic nitrogens is 2. The molecule has 0 radical (unpaired) electrons. The van der Waals surface area contributed by atoms with E-state index in [9.17, 15) is 0 Å². The summed E-state index contributed by atoms with van der Waals surface area (Å²) in [6.45, 7) is 9.38. The first-order valence-corrected chi connectivity index (χ1v) is 7.81. The maximum absolute atomic E-state index is 4.54. The fourth-order valence-corrected chi connectivity index (χ4v) is 2.42. The Bertz CT molecular complexity index is 371. The van der Waals surface area contributed by atoms with Gasteiger partial charge in [0.25, 0.3) is 0 Å². The van der Waals surface area contributed by atoms with Gasteiger partial charge in [-0.1, -0.05) is 13.8 Å². The molecular formula is C12H20BrN3S. The van der Waals surface area contributed by atoms with Crippen LogP contribution in [0.25, 0.3) is 0 Å². The molecular weight excluding hydrogens is 298 g/mol. The molecule has 0 aromatic carbocycles. The first-order chi connectivity index (χ1) is 8.08. The lowest BCUT2D eigenvalue weighted by Gasteiger charge is -2.11. The zero-order chi connectivity index (χ0) is 12.8. The van der Waals surface area contributed by atoms with Crippen LogP contribution in [-0.4, -0.2) is 21.8 Å². The summed E-state index contributed by atoms with van der Waals surface area (Å²) in [6, 6.07) is 0. The Balaban J connectivity index is 2.79. The molecule has 0 aliphatic rings. The van der Waals surface area contributed by atoms with E-state index in [-0.39, 0.29) is 0 Å². The third kappa shape index (κ3) is 4.47. The van der Waals surface area contributed by atoms with Gasteiger partial charge >= 0.3 is 0 Å². The van der Waals surface area contributed by atoms with Crippen molar-refractivity contribution in [2.24, 2.45) is 0 Å². The Kier molecular flexibility index (Phi) is 6.27. The Hall–Kier alpha value is -0.290. The van der Waals surface area contributed by atoms with Crippen LogP contribution < -0.4 is 5.32 Å². The fourth-order valence-electron chi connectivity index (χ4n) is 1.30. The zero-order valence-corrected chi connectivity index (χ0v) is 13.3. The molecule has 0 aliphatic heterocycles. The van der Waals surface area contributed by atoms with Gasteiger partial charge in [-0.25, -0.2) is 9.97 Å². The van der Waals surface area contributed by atoms with Crippen molar-refractivity contribution in [3.8, 4) is 0 Å². The van der Waals surface area contributed by atoms with E-state index in [1.54, 1.807) is 0 Å². The van der Waals surface area contributed by atoms with Crippen molar-refractivity contribution in [3.63, 3.8) is 0 Å². The van der Waals surface area contributed by atoms with Gasteiger partial charge in [0.15, 0.2) is 0 Å². The van der Waals surface area contributed by atoms with Crippen LogP contribution in [0, 0.1) is 6.92 Å². The molecule has 1 aromatic rings. The van der Waals surface area contributed by atoms with E-state index < -0.39 is 0 Å². The molecule has 96 valence electrons. The molecule has 5 heteroatoms. The Morgan fingerprint density at radius 1 is 1.35 bits per heavy atom. The van der Waals surface area contributed by atoms with E-state index in [2.05, 4.69) is 52.0 Å². The largest absolute Gasteiger partial charge is 0.369 e. The minimum atomic E-state index is 0.658. The second kappa shape index (κ2) is 7.21. The average Bonchev–Trinajstić information content (AvgIpc) is 2.32. The minimum absolute atomic E-state index is 0.658. The van der Waals surface area contributed by atoms with Gasteiger partial charge in [0.1, 0.15) is 11.6 Å². The van der Waals surface area contributed by atoms with E-state index in [0.717, 1.165) is 34.1 Å². The van der Waals surface area contributed by atoms with Gasteiger partial charge in [-0.15, -0.1) is 0 Å². The molecule has 0 bridgehead atoms. The van der Waals surface area contributed by atoms with Gasteiger partial charge in [-0.2, -0.15) is 11.8 Å². The van der Waals surface area contributed by atoms with Crippen LogP contribution in [0.1, 0.15) is 38.7 Å². The second-order valence-electron chi connectivity index (χ2n) is 3.95. The van der Waals surface area contributed by atoms with Gasteiger partial charge in [0.05, 0.1) is 15.9 Å². The van der Waals surface area contributed by atoms with E-state index in [0.29, 0.717) is 5.25 Å². The highest BCUT2D eigenvalue weighted by atomic mass is 79.9. The zero-order valence-electron chi connectivity index (χ0n) is 10.9. The third-order valence-electron chi connectivity index (χ3n) is 2.48. The summed E-state index contributed by atoms with van der Waals surface area (Å²) in [7, 11) is 0. The molecule has 3 nitrogen and oxygen atoms in total. The number of anilines is 1. The lowest BCUT2D eigenvalue weighted by molar-refractivity contribution is 0.898. The molecule has 0 aliphatic carbocycles. The van der Waals surface area contributed by atoms with Gasteiger partial charge in [-0.3, -0.25) is 0 Å². The molecule has 1 unspecified atom stereocenters. The Morgan fingerprint density at radius 2 is 2.06 bits per heavy atom. The summed E-state index contributed by atoms with van der Waals surface area (Å²) in [6.07, 6.45) is 1.18. The van der Waals surface area contributed by atoms with Gasteiger partial charge in [0.2, 0.25) is 0 Å². The topological polar surface area (TPSA) is 37.8 Å². The molecule has 1 N–H and O–H groups in total. The van der Waals surface area contributed by atoms with Crippen molar-refractivity contribution < 1.29 is 0 Å². The van der Waals surface area contributed by atoms with Crippen molar-refractivity contribution in [2.75, 3.05) is 11.9 Å². The molecule has 0 saturated heterocycles. The van der Waals surface area contributed by atoms with E-state index in [1.807, 2.05) is 18.7 Å². The van der Waals surface area contributed by atoms with Crippen molar-refractivity contribution in [2.45, 2.75) is 45.1 Å². The molecule has 1 aromatic heterocycles. The molecule has 0 amide bonds. The van der Waals surface area contributed by atoms with Crippen LogP contribution in [0.3, 0.4) is 0 Å². The molecule has 1 rings (SSSR count). The summed E-state index contributed by atoms with van der Waals surface area (Å²) in [4.78, 5) is 9.04. The molecule has 1 atom stereocenters. The van der Waals surface area contributed by atoms with Crippen LogP contribution in [-0.2, 0) is 5.75 Å². The number of hydrogen-bond acceptors (Lipinski definition) is 4.